The van der Waals surface area contributed by atoms with Gasteiger partial charge in [-0.05, 0) is 51.4 Å². The SMILES string of the molecule is CCCCCCC/C=C\C/C=C\CCCCCCCCCCCCCCCCCCCC(=O)OCC(COC(=O)CCCCCCCCCCCC)OC(=O)CCCCCCCCCCCCCC. The minimum absolute atomic E-state index is 0.0646. The quantitative estimate of drug-likeness (QED) is 0.0261. The first-order valence-electron chi connectivity index (χ1n) is 30.8. The first-order valence-corrected chi connectivity index (χ1v) is 30.8. The summed E-state index contributed by atoms with van der Waals surface area (Å²) in [6, 6.07) is 0. The summed E-state index contributed by atoms with van der Waals surface area (Å²) in [7, 11) is 0. The van der Waals surface area contributed by atoms with Crippen LogP contribution in [0.1, 0.15) is 342 Å². The van der Waals surface area contributed by atoms with Gasteiger partial charge in [0.15, 0.2) is 6.10 Å². The van der Waals surface area contributed by atoms with Crippen LogP contribution in [0.5, 0.6) is 0 Å². The molecule has 0 fully saturated rings. The Labute approximate surface area is 430 Å². The maximum Gasteiger partial charge on any atom is 0.306 e. The second-order valence-electron chi connectivity index (χ2n) is 21.0. The Morgan fingerprint density at radius 1 is 0.290 bits per heavy atom. The molecule has 0 rings (SSSR count). The van der Waals surface area contributed by atoms with Gasteiger partial charge < -0.3 is 14.2 Å². The van der Waals surface area contributed by atoms with Crippen LogP contribution in [-0.2, 0) is 28.6 Å². The van der Waals surface area contributed by atoms with Crippen LogP contribution in [0.25, 0.3) is 0 Å². The summed E-state index contributed by atoms with van der Waals surface area (Å²) in [4.78, 5) is 38.0. The first-order chi connectivity index (χ1) is 34.0. The molecule has 0 N–H and O–H groups in total. The number of hydrogen-bond donors (Lipinski definition) is 0. The van der Waals surface area contributed by atoms with Crippen molar-refractivity contribution in [2.45, 2.75) is 348 Å². The third-order valence-corrected chi connectivity index (χ3v) is 14.0. The Bertz CT molecular complexity index is 1110. The van der Waals surface area contributed by atoms with Crippen molar-refractivity contribution in [3.63, 3.8) is 0 Å². The number of esters is 3. The van der Waals surface area contributed by atoms with Crippen molar-refractivity contribution in [3.8, 4) is 0 Å². The van der Waals surface area contributed by atoms with Gasteiger partial charge in [0.25, 0.3) is 0 Å². The molecule has 1 atom stereocenters. The Balaban J connectivity index is 4.05. The number of rotatable bonds is 57. The smallest absolute Gasteiger partial charge is 0.306 e. The van der Waals surface area contributed by atoms with Crippen LogP contribution < -0.4 is 0 Å². The normalized spacial score (nSPS) is 12.1. The van der Waals surface area contributed by atoms with Crippen LogP contribution in [-0.4, -0.2) is 37.2 Å². The van der Waals surface area contributed by atoms with Crippen molar-refractivity contribution in [3.05, 3.63) is 24.3 Å². The van der Waals surface area contributed by atoms with Crippen LogP contribution in [0.2, 0.25) is 0 Å². The van der Waals surface area contributed by atoms with Gasteiger partial charge in [0.05, 0.1) is 0 Å². The van der Waals surface area contributed by atoms with Crippen molar-refractivity contribution < 1.29 is 28.6 Å². The number of carbonyl (C=O) groups is 3. The zero-order chi connectivity index (χ0) is 50.0. The van der Waals surface area contributed by atoms with E-state index in [4.69, 9.17) is 14.2 Å². The van der Waals surface area contributed by atoms with Gasteiger partial charge in [-0.15, -0.1) is 0 Å². The summed E-state index contributed by atoms with van der Waals surface area (Å²) >= 11 is 0. The number of allylic oxidation sites excluding steroid dienone is 4. The van der Waals surface area contributed by atoms with Gasteiger partial charge in [-0.3, -0.25) is 14.4 Å². The van der Waals surface area contributed by atoms with Gasteiger partial charge in [0, 0.05) is 19.3 Å². The molecule has 1 unspecified atom stereocenters. The van der Waals surface area contributed by atoms with Crippen LogP contribution in [0.4, 0.5) is 0 Å². The molecule has 6 nitrogen and oxygen atoms in total. The summed E-state index contributed by atoms with van der Waals surface area (Å²) in [6.45, 7) is 6.66. The highest BCUT2D eigenvalue weighted by Gasteiger charge is 2.19. The Morgan fingerprint density at radius 2 is 0.522 bits per heavy atom. The fourth-order valence-electron chi connectivity index (χ4n) is 9.30. The second kappa shape index (κ2) is 58.5. The summed E-state index contributed by atoms with van der Waals surface area (Å²) in [5.74, 6) is -0.845. The van der Waals surface area contributed by atoms with E-state index >= 15 is 0 Å². The van der Waals surface area contributed by atoms with Crippen molar-refractivity contribution in [1.82, 2.24) is 0 Å². The molecule has 0 amide bonds. The van der Waals surface area contributed by atoms with Gasteiger partial charge in [-0.1, -0.05) is 295 Å². The predicted octanol–water partition coefficient (Wildman–Crippen LogP) is 20.7. The molecule has 0 aliphatic rings. The number of ether oxygens (including phenoxy) is 3. The minimum atomic E-state index is -0.763. The van der Waals surface area contributed by atoms with Crippen LogP contribution >= 0.6 is 0 Å². The first kappa shape index (κ1) is 66.9. The van der Waals surface area contributed by atoms with E-state index in [-0.39, 0.29) is 31.1 Å². The van der Waals surface area contributed by atoms with E-state index in [1.54, 1.807) is 0 Å². The number of unbranched alkanes of at least 4 members (excludes halogenated alkanes) is 42. The molecular weight excluding hydrogens is 853 g/mol. The molecular formula is C63H118O6. The standard InChI is InChI=1S/C63H118O6/c1-4-7-10-13-16-19-22-24-25-26-27-28-29-30-31-32-33-34-35-36-37-38-39-40-42-44-47-50-53-56-62(65)68-59-60(58-67-61(64)55-52-49-46-43-21-18-15-12-9-6-3)69-63(66)57-54-51-48-45-41-23-20-17-14-11-8-5-2/h22,24,26-27,60H,4-21,23,25,28-59H2,1-3H3/b24-22-,27-26-. The summed E-state index contributed by atoms with van der Waals surface area (Å²) in [5.41, 5.74) is 0. The lowest BCUT2D eigenvalue weighted by molar-refractivity contribution is -0.167. The van der Waals surface area contributed by atoms with Gasteiger partial charge in [-0.25, -0.2) is 0 Å². The molecule has 6 heteroatoms. The third kappa shape index (κ3) is 56.7. The van der Waals surface area contributed by atoms with Crippen molar-refractivity contribution in [2.75, 3.05) is 13.2 Å². The summed E-state index contributed by atoms with van der Waals surface area (Å²) < 4.78 is 16.8. The highest BCUT2D eigenvalue weighted by Crippen LogP contribution is 2.17. The summed E-state index contributed by atoms with van der Waals surface area (Å²) in [6.07, 6.45) is 69.1. The van der Waals surface area contributed by atoms with Gasteiger partial charge in [-0.2, -0.15) is 0 Å². The van der Waals surface area contributed by atoms with E-state index in [1.165, 1.54) is 238 Å². The Kier molecular flexibility index (Phi) is 56.7. The Hall–Kier alpha value is -2.11. The maximum absolute atomic E-state index is 12.8. The molecule has 0 spiro atoms. The molecule has 0 radical (unpaired) electrons. The molecule has 0 aromatic rings. The van der Waals surface area contributed by atoms with Crippen molar-refractivity contribution in [1.29, 1.82) is 0 Å². The average Bonchev–Trinajstić information content (AvgIpc) is 3.35. The van der Waals surface area contributed by atoms with E-state index in [2.05, 4.69) is 45.1 Å². The highest BCUT2D eigenvalue weighted by atomic mass is 16.6. The van der Waals surface area contributed by atoms with E-state index in [9.17, 15) is 14.4 Å². The topological polar surface area (TPSA) is 78.9 Å². The molecule has 0 aromatic carbocycles. The molecule has 0 saturated heterocycles. The zero-order valence-corrected chi connectivity index (χ0v) is 46.6. The summed E-state index contributed by atoms with van der Waals surface area (Å²) in [5, 5.41) is 0. The zero-order valence-electron chi connectivity index (χ0n) is 46.6. The fourth-order valence-corrected chi connectivity index (χ4v) is 9.30. The molecule has 0 aromatic heterocycles. The molecule has 0 heterocycles. The van der Waals surface area contributed by atoms with Crippen molar-refractivity contribution in [2.24, 2.45) is 0 Å². The van der Waals surface area contributed by atoms with Crippen molar-refractivity contribution >= 4 is 17.9 Å². The lowest BCUT2D eigenvalue weighted by Gasteiger charge is -2.18. The lowest BCUT2D eigenvalue weighted by Crippen LogP contribution is -2.30. The molecule has 406 valence electrons. The second-order valence-corrected chi connectivity index (χ2v) is 21.0. The van der Waals surface area contributed by atoms with Crippen LogP contribution in [0, 0.1) is 0 Å². The van der Waals surface area contributed by atoms with E-state index in [1.807, 2.05) is 0 Å². The van der Waals surface area contributed by atoms with Crippen LogP contribution in [0.15, 0.2) is 24.3 Å². The number of hydrogen-bond acceptors (Lipinski definition) is 6. The lowest BCUT2D eigenvalue weighted by atomic mass is 10.0. The van der Waals surface area contributed by atoms with Gasteiger partial charge in [0.2, 0.25) is 0 Å². The van der Waals surface area contributed by atoms with Gasteiger partial charge >= 0.3 is 17.9 Å². The largest absolute Gasteiger partial charge is 0.462 e. The molecule has 0 bridgehead atoms. The molecule has 0 saturated carbocycles. The molecule has 69 heavy (non-hydrogen) atoms. The fraction of sp³-hybridized carbons (Fsp3) is 0.889. The maximum atomic E-state index is 12.8. The monoisotopic (exact) mass is 971 g/mol. The van der Waals surface area contributed by atoms with Crippen LogP contribution in [0.3, 0.4) is 0 Å². The minimum Gasteiger partial charge on any atom is -0.462 e. The number of carbonyl (C=O) groups excluding carboxylic acids is 3. The van der Waals surface area contributed by atoms with E-state index in [0.29, 0.717) is 19.3 Å². The molecule has 0 aliphatic carbocycles. The van der Waals surface area contributed by atoms with E-state index < -0.39 is 6.10 Å². The molecule has 0 aliphatic heterocycles. The third-order valence-electron chi connectivity index (χ3n) is 14.0. The Morgan fingerprint density at radius 3 is 0.797 bits per heavy atom. The van der Waals surface area contributed by atoms with E-state index in [0.717, 1.165) is 64.2 Å². The van der Waals surface area contributed by atoms with Gasteiger partial charge in [0.1, 0.15) is 13.2 Å². The predicted molar refractivity (Wildman–Crippen MR) is 298 cm³/mol. The highest BCUT2D eigenvalue weighted by molar-refractivity contribution is 5.71. The average molecular weight is 972 g/mol.